The monoisotopic (exact) mass is 418 g/mol. The second-order valence-corrected chi connectivity index (χ2v) is 8.50. The minimum atomic E-state index is -0.450. The van der Waals surface area contributed by atoms with Crippen LogP contribution in [-0.2, 0) is 4.79 Å². The van der Waals surface area contributed by atoms with Crippen LogP contribution >= 0.6 is 34.7 Å². The topological polar surface area (TPSA) is 66.9 Å². The van der Waals surface area contributed by atoms with Gasteiger partial charge in [0, 0.05) is 17.3 Å². The van der Waals surface area contributed by atoms with Crippen LogP contribution in [0.2, 0.25) is 5.02 Å². The molecule has 0 radical (unpaired) electrons. The van der Waals surface area contributed by atoms with E-state index in [0.717, 1.165) is 27.1 Å². The van der Waals surface area contributed by atoms with E-state index in [-0.39, 0.29) is 5.91 Å². The zero-order valence-electron chi connectivity index (χ0n) is 14.9. The molecule has 27 heavy (non-hydrogen) atoms. The summed E-state index contributed by atoms with van der Waals surface area (Å²) < 4.78 is 0.733. The van der Waals surface area contributed by atoms with E-state index in [1.54, 1.807) is 6.07 Å². The molecule has 5 nitrogen and oxygen atoms in total. The first-order valence-electron chi connectivity index (χ1n) is 8.43. The average molecular weight is 419 g/mol. The Morgan fingerprint density at radius 2 is 2.00 bits per heavy atom. The Morgan fingerprint density at radius 3 is 2.70 bits per heavy atom. The molecule has 0 aliphatic carbocycles. The molecule has 1 heterocycles. The Labute approximate surface area is 171 Å². The van der Waals surface area contributed by atoms with Gasteiger partial charge in [0.1, 0.15) is 5.25 Å². The first kappa shape index (κ1) is 19.7. The zero-order valence-corrected chi connectivity index (χ0v) is 17.3. The Balaban J connectivity index is 1.82. The standard InChI is InChI=1S/C19H19ClN4OS2/c1-3-21-18-23-24-19(27-18)26-16(13-7-5-4-6-8-13)17(25)22-14-10-9-12(2)15(20)11-14/h4-11,16H,3H2,1-2H3,(H,21,23)(H,22,25)/t16-/m0/s1. The Morgan fingerprint density at radius 1 is 1.22 bits per heavy atom. The SMILES string of the molecule is CCNc1nnc(S[C@H](C(=O)Nc2ccc(C)c(Cl)c2)c2ccccc2)s1. The Bertz CT molecular complexity index is 917. The van der Waals surface area contributed by atoms with Crippen LogP contribution in [-0.4, -0.2) is 22.6 Å². The number of aryl methyl sites for hydroxylation is 1. The molecule has 2 aromatic carbocycles. The second kappa shape index (κ2) is 9.21. The van der Waals surface area contributed by atoms with Gasteiger partial charge >= 0.3 is 0 Å². The molecule has 3 aromatic rings. The minimum Gasteiger partial charge on any atom is -0.360 e. The van der Waals surface area contributed by atoms with Crippen molar-refractivity contribution in [2.45, 2.75) is 23.4 Å². The lowest BCUT2D eigenvalue weighted by Gasteiger charge is -2.16. The number of nitrogens with zero attached hydrogens (tertiary/aromatic N) is 2. The van der Waals surface area contributed by atoms with Gasteiger partial charge in [-0.15, -0.1) is 10.2 Å². The zero-order chi connectivity index (χ0) is 19.2. The van der Waals surface area contributed by atoms with Crippen LogP contribution in [0.1, 0.15) is 23.3 Å². The Hall–Kier alpha value is -2.09. The lowest BCUT2D eigenvalue weighted by Crippen LogP contribution is -2.19. The van der Waals surface area contributed by atoms with Crippen molar-refractivity contribution < 1.29 is 4.79 Å². The fraction of sp³-hybridized carbons (Fsp3) is 0.211. The summed E-state index contributed by atoms with van der Waals surface area (Å²) in [7, 11) is 0. The molecule has 0 fully saturated rings. The van der Waals surface area contributed by atoms with Crippen molar-refractivity contribution in [1.29, 1.82) is 0 Å². The summed E-state index contributed by atoms with van der Waals surface area (Å²) in [4.78, 5) is 13.0. The average Bonchev–Trinajstić information content (AvgIpc) is 3.11. The third kappa shape index (κ3) is 5.22. The van der Waals surface area contributed by atoms with Crippen LogP contribution in [0.5, 0.6) is 0 Å². The lowest BCUT2D eigenvalue weighted by molar-refractivity contribution is -0.115. The predicted molar refractivity (Wildman–Crippen MR) is 114 cm³/mol. The van der Waals surface area contributed by atoms with E-state index < -0.39 is 5.25 Å². The first-order chi connectivity index (χ1) is 13.1. The third-order valence-corrected chi connectivity index (χ3v) is 6.36. The van der Waals surface area contributed by atoms with Crippen LogP contribution in [0, 0.1) is 6.92 Å². The van der Waals surface area contributed by atoms with E-state index in [1.165, 1.54) is 23.1 Å². The quantitative estimate of drug-likeness (QED) is 0.502. The summed E-state index contributed by atoms with van der Waals surface area (Å²) in [6.45, 7) is 4.70. The maximum absolute atomic E-state index is 13.0. The highest BCUT2D eigenvalue weighted by atomic mass is 35.5. The second-order valence-electron chi connectivity index (χ2n) is 5.77. The summed E-state index contributed by atoms with van der Waals surface area (Å²) in [6.07, 6.45) is 0. The fourth-order valence-electron chi connectivity index (χ4n) is 2.36. The van der Waals surface area contributed by atoms with Crippen molar-refractivity contribution in [2.24, 2.45) is 0 Å². The number of rotatable bonds is 7. The molecule has 0 saturated heterocycles. The number of anilines is 2. The number of hydrogen-bond donors (Lipinski definition) is 2. The molecule has 140 valence electrons. The summed E-state index contributed by atoms with van der Waals surface area (Å²) in [5, 5.41) is 15.3. The number of thioether (sulfide) groups is 1. The smallest absolute Gasteiger partial charge is 0.242 e. The fourth-order valence-corrected chi connectivity index (χ4v) is 4.55. The minimum absolute atomic E-state index is 0.133. The van der Waals surface area contributed by atoms with E-state index in [4.69, 9.17) is 11.6 Å². The van der Waals surface area contributed by atoms with Crippen LogP contribution in [0.15, 0.2) is 52.9 Å². The molecule has 0 aliphatic rings. The van der Waals surface area contributed by atoms with Crippen molar-refractivity contribution in [1.82, 2.24) is 10.2 Å². The molecule has 0 bridgehead atoms. The van der Waals surface area contributed by atoms with Gasteiger partial charge in [-0.05, 0) is 37.1 Å². The van der Waals surface area contributed by atoms with E-state index in [0.29, 0.717) is 10.7 Å². The normalized spacial score (nSPS) is 11.8. The predicted octanol–water partition coefficient (Wildman–Crippen LogP) is 5.40. The van der Waals surface area contributed by atoms with Gasteiger partial charge in [-0.2, -0.15) is 0 Å². The van der Waals surface area contributed by atoms with Crippen molar-refractivity contribution in [3.8, 4) is 0 Å². The maximum atomic E-state index is 13.0. The maximum Gasteiger partial charge on any atom is 0.242 e. The number of benzene rings is 2. The number of amides is 1. The molecule has 0 saturated carbocycles. The first-order valence-corrected chi connectivity index (χ1v) is 10.5. The lowest BCUT2D eigenvalue weighted by atomic mass is 10.1. The van der Waals surface area contributed by atoms with Crippen LogP contribution < -0.4 is 10.6 Å². The van der Waals surface area contributed by atoms with Gasteiger partial charge < -0.3 is 10.6 Å². The highest BCUT2D eigenvalue weighted by Crippen LogP contribution is 2.38. The molecule has 0 aliphatic heterocycles. The van der Waals surface area contributed by atoms with Crippen molar-refractivity contribution in [3.05, 3.63) is 64.7 Å². The molecule has 8 heteroatoms. The van der Waals surface area contributed by atoms with Gasteiger partial charge in [0.15, 0.2) is 4.34 Å². The van der Waals surface area contributed by atoms with E-state index in [1.807, 2.05) is 56.3 Å². The molecule has 3 rings (SSSR count). The molecule has 1 aromatic heterocycles. The van der Waals surface area contributed by atoms with Crippen molar-refractivity contribution in [2.75, 3.05) is 17.2 Å². The van der Waals surface area contributed by atoms with Crippen molar-refractivity contribution >= 4 is 51.4 Å². The number of hydrogen-bond acceptors (Lipinski definition) is 6. The van der Waals surface area contributed by atoms with Crippen LogP contribution in [0.3, 0.4) is 0 Å². The molecular weight excluding hydrogens is 400 g/mol. The van der Waals surface area contributed by atoms with Crippen LogP contribution in [0.25, 0.3) is 0 Å². The van der Waals surface area contributed by atoms with E-state index in [9.17, 15) is 4.79 Å². The van der Waals surface area contributed by atoms with Crippen LogP contribution in [0.4, 0.5) is 10.8 Å². The molecule has 1 amide bonds. The summed E-state index contributed by atoms with van der Waals surface area (Å²) >= 11 is 9.00. The molecule has 1 atom stereocenters. The number of halogens is 1. The summed E-state index contributed by atoms with van der Waals surface area (Å²) in [5.74, 6) is -0.133. The number of nitrogens with one attached hydrogen (secondary N) is 2. The number of carbonyl (C=O) groups is 1. The van der Waals surface area contributed by atoms with Gasteiger partial charge in [0.2, 0.25) is 11.0 Å². The van der Waals surface area contributed by atoms with Crippen molar-refractivity contribution in [3.63, 3.8) is 0 Å². The molecule has 0 spiro atoms. The van der Waals surface area contributed by atoms with Gasteiger partial charge in [-0.3, -0.25) is 4.79 Å². The van der Waals surface area contributed by atoms with E-state index >= 15 is 0 Å². The number of carbonyl (C=O) groups excluding carboxylic acids is 1. The Kier molecular flexibility index (Phi) is 6.71. The highest BCUT2D eigenvalue weighted by molar-refractivity contribution is 8.02. The van der Waals surface area contributed by atoms with Gasteiger partial charge in [-0.1, -0.05) is 71.1 Å². The summed E-state index contributed by atoms with van der Waals surface area (Å²) in [5.41, 5.74) is 2.54. The number of aromatic nitrogens is 2. The van der Waals surface area contributed by atoms with Gasteiger partial charge in [0.25, 0.3) is 0 Å². The van der Waals surface area contributed by atoms with Gasteiger partial charge in [-0.25, -0.2) is 0 Å². The third-order valence-electron chi connectivity index (χ3n) is 3.73. The largest absolute Gasteiger partial charge is 0.360 e. The molecular formula is C19H19ClN4OS2. The van der Waals surface area contributed by atoms with E-state index in [2.05, 4.69) is 20.8 Å². The molecule has 2 N–H and O–H groups in total. The molecule has 0 unspecified atom stereocenters. The van der Waals surface area contributed by atoms with Gasteiger partial charge in [0.05, 0.1) is 0 Å². The summed E-state index contributed by atoms with van der Waals surface area (Å²) in [6, 6.07) is 15.1. The highest BCUT2D eigenvalue weighted by Gasteiger charge is 2.24.